The Morgan fingerprint density at radius 2 is 1.96 bits per heavy atom. The van der Waals surface area contributed by atoms with Crippen molar-refractivity contribution < 1.29 is 4.79 Å². The predicted molar refractivity (Wildman–Crippen MR) is 98.6 cm³/mol. The van der Waals surface area contributed by atoms with Crippen LogP contribution in [0.5, 0.6) is 0 Å². The first-order chi connectivity index (χ1) is 12.1. The Kier molecular flexibility index (Phi) is 5.45. The van der Waals surface area contributed by atoms with E-state index >= 15 is 0 Å². The normalized spacial score (nSPS) is 10.6. The molecule has 0 atom stereocenters. The predicted octanol–water partition coefficient (Wildman–Crippen LogP) is 3.07. The van der Waals surface area contributed by atoms with E-state index in [1.54, 1.807) is 6.20 Å². The lowest BCUT2D eigenvalue weighted by Gasteiger charge is -2.09. The zero-order valence-electron chi connectivity index (χ0n) is 14.1. The quantitative estimate of drug-likeness (QED) is 0.690. The monoisotopic (exact) mass is 353 g/mol. The van der Waals surface area contributed by atoms with Crippen LogP contribution in [0, 0.1) is 13.8 Å². The van der Waals surface area contributed by atoms with E-state index in [9.17, 15) is 4.79 Å². The number of aryl methyl sites for hydroxylation is 2. The van der Waals surface area contributed by atoms with Crippen molar-refractivity contribution in [3.8, 4) is 0 Å². The van der Waals surface area contributed by atoms with Gasteiger partial charge in [-0.1, -0.05) is 42.1 Å². The Balaban J connectivity index is 1.62. The molecule has 0 aliphatic carbocycles. The third-order valence-electron chi connectivity index (χ3n) is 3.60. The fourth-order valence-electron chi connectivity index (χ4n) is 2.33. The van der Waals surface area contributed by atoms with Gasteiger partial charge in [-0.25, -0.2) is 4.98 Å². The number of hydrogen-bond acceptors (Lipinski definition) is 5. The number of hydrogen-bond donors (Lipinski definition) is 1. The zero-order chi connectivity index (χ0) is 17.6. The Bertz CT molecular complexity index is 863. The number of anilines is 1. The first-order valence-electron chi connectivity index (χ1n) is 7.91. The van der Waals surface area contributed by atoms with Crippen molar-refractivity contribution in [1.29, 1.82) is 0 Å². The first-order valence-corrected chi connectivity index (χ1v) is 8.89. The van der Waals surface area contributed by atoms with Gasteiger partial charge in [-0.2, -0.15) is 0 Å². The second kappa shape index (κ2) is 7.94. The standard InChI is InChI=1S/C18H19N5OS/c1-13-8-9-19-16(10-13)20-17(24)12-25-18-22-21-14(2)23(18)11-15-6-4-3-5-7-15/h3-10H,11-12H2,1-2H3,(H,19,20,24). The summed E-state index contributed by atoms with van der Waals surface area (Å²) in [7, 11) is 0. The average molecular weight is 353 g/mol. The molecule has 1 aromatic carbocycles. The van der Waals surface area contributed by atoms with Crippen LogP contribution >= 0.6 is 11.8 Å². The molecule has 7 heteroatoms. The lowest BCUT2D eigenvalue weighted by molar-refractivity contribution is -0.113. The summed E-state index contributed by atoms with van der Waals surface area (Å²) in [6.07, 6.45) is 1.68. The number of nitrogens with one attached hydrogen (secondary N) is 1. The summed E-state index contributed by atoms with van der Waals surface area (Å²) >= 11 is 1.37. The fourth-order valence-corrected chi connectivity index (χ4v) is 3.11. The lowest BCUT2D eigenvalue weighted by atomic mass is 10.2. The van der Waals surface area contributed by atoms with Crippen LogP contribution in [0.1, 0.15) is 17.0 Å². The number of amides is 1. The average Bonchev–Trinajstić information content (AvgIpc) is 2.94. The van der Waals surface area contributed by atoms with Gasteiger partial charge in [0.15, 0.2) is 5.16 Å². The molecule has 0 fully saturated rings. The van der Waals surface area contributed by atoms with Crippen LogP contribution in [0.25, 0.3) is 0 Å². The number of thioether (sulfide) groups is 1. The maximum absolute atomic E-state index is 12.1. The number of rotatable bonds is 6. The molecule has 0 unspecified atom stereocenters. The van der Waals surface area contributed by atoms with Gasteiger partial charge >= 0.3 is 0 Å². The number of carbonyl (C=O) groups is 1. The lowest BCUT2D eigenvalue weighted by Crippen LogP contribution is -2.15. The van der Waals surface area contributed by atoms with Crippen molar-refractivity contribution >= 4 is 23.5 Å². The number of benzene rings is 1. The first kappa shape index (κ1) is 17.2. The maximum atomic E-state index is 12.1. The van der Waals surface area contributed by atoms with Crippen molar-refractivity contribution in [2.45, 2.75) is 25.5 Å². The van der Waals surface area contributed by atoms with Gasteiger partial charge in [0, 0.05) is 6.20 Å². The van der Waals surface area contributed by atoms with E-state index in [-0.39, 0.29) is 11.7 Å². The smallest absolute Gasteiger partial charge is 0.236 e. The minimum absolute atomic E-state index is 0.116. The Morgan fingerprint density at radius 3 is 2.72 bits per heavy atom. The number of pyridine rings is 1. The summed E-state index contributed by atoms with van der Waals surface area (Å²) in [5.74, 6) is 1.53. The van der Waals surface area contributed by atoms with Gasteiger partial charge in [-0.05, 0) is 37.1 Å². The van der Waals surface area contributed by atoms with E-state index in [0.29, 0.717) is 12.4 Å². The molecule has 0 spiro atoms. The second-order valence-electron chi connectivity index (χ2n) is 5.66. The Morgan fingerprint density at radius 1 is 1.16 bits per heavy atom. The van der Waals surface area contributed by atoms with Gasteiger partial charge in [0.2, 0.25) is 5.91 Å². The number of carbonyl (C=O) groups excluding carboxylic acids is 1. The molecule has 2 aromatic heterocycles. The summed E-state index contributed by atoms with van der Waals surface area (Å²) in [6, 6.07) is 13.8. The topological polar surface area (TPSA) is 72.7 Å². The maximum Gasteiger partial charge on any atom is 0.236 e. The van der Waals surface area contributed by atoms with Crippen LogP contribution in [0.3, 0.4) is 0 Å². The van der Waals surface area contributed by atoms with E-state index in [0.717, 1.165) is 16.5 Å². The van der Waals surface area contributed by atoms with Crippen LogP contribution in [0.15, 0.2) is 53.8 Å². The third-order valence-corrected chi connectivity index (χ3v) is 4.57. The van der Waals surface area contributed by atoms with Crippen molar-refractivity contribution in [1.82, 2.24) is 19.7 Å². The van der Waals surface area contributed by atoms with Crippen LogP contribution in [-0.4, -0.2) is 31.4 Å². The molecule has 2 heterocycles. The highest BCUT2D eigenvalue weighted by molar-refractivity contribution is 7.99. The molecule has 0 aliphatic rings. The summed E-state index contributed by atoms with van der Waals surface area (Å²) < 4.78 is 2.01. The van der Waals surface area contributed by atoms with Gasteiger partial charge in [-0.15, -0.1) is 10.2 Å². The largest absolute Gasteiger partial charge is 0.310 e. The molecule has 0 saturated heterocycles. The van der Waals surface area contributed by atoms with E-state index in [1.165, 1.54) is 17.3 Å². The van der Waals surface area contributed by atoms with E-state index in [1.807, 2.05) is 48.7 Å². The van der Waals surface area contributed by atoms with Gasteiger partial charge < -0.3 is 9.88 Å². The van der Waals surface area contributed by atoms with E-state index in [2.05, 4.69) is 32.6 Å². The summed E-state index contributed by atoms with van der Waals surface area (Å²) in [5.41, 5.74) is 2.22. The molecule has 0 bridgehead atoms. The molecule has 0 aliphatic heterocycles. The SMILES string of the molecule is Cc1ccnc(NC(=O)CSc2nnc(C)n2Cc2ccccc2)c1. The molecule has 25 heavy (non-hydrogen) atoms. The van der Waals surface area contributed by atoms with Crippen molar-refractivity contribution in [3.05, 3.63) is 65.6 Å². The summed E-state index contributed by atoms with van der Waals surface area (Å²) in [5, 5.41) is 11.9. The van der Waals surface area contributed by atoms with E-state index < -0.39 is 0 Å². The molecule has 3 aromatic rings. The molecular formula is C18H19N5OS. The number of nitrogens with zero attached hydrogens (tertiary/aromatic N) is 4. The van der Waals surface area contributed by atoms with Gasteiger partial charge in [-0.3, -0.25) is 4.79 Å². The van der Waals surface area contributed by atoms with Crippen LogP contribution in [0.2, 0.25) is 0 Å². The molecule has 0 saturated carbocycles. The third kappa shape index (κ3) is 4.67. The molecular weight excluding hydrogens is 334 g/mol. The number of aromatic nitrogens is 4. The molecule has 128 valence electrons. The van der Waals surface area contributed by atoms with Crippen LogP contribution in [-0.2, 0) is 11.3 Å². The second-order valence-corrected chi connectivity index (χ2v) is 6.60. The highest BCUT2D eigenvalue weighted by atomic mass is 32.2. The van der Waals surface area contributed by atoms with Crippen molar-refractivity contribution in [3.63, 3.8) is 0 Å². The minimum Gasteiger partial charge on any atom is -0.310 e. The van der Waals surface area contributed by atoms with Gasteiger partial charge in [0.05, 0.1) is 12.3 Å². The van der Waals surface area contributed by atoms with Crippen molar-refractivity contribution in [2.24, 2.45) is 0 Å². The molecule has 3 rings (SSSR count). The van der Waals surface area contributed by atoms with Gasteiger partial charge in [0.1, 0.15) is 11.6 Å². The Hall–Kier alpha value is -2.67. The zero-order valence-corrected chi connectivity index (χ0v) is 15.0. The summed E-state index contributed by atoms with van der Waals surface area (Å²) in [6.45, 7) is 4.56. The van der Waals surface area contributed by atoms with Crippen LogP contribution < -0.4 is 5.32 Å². The van der Waals surface area contributed by atoms with Gasteiger partial charge in [0.25, 0.3) is 0 Å². The molecule has 6 nitrogen and oxygen atoms in total. The highest BCUT2D eigenvalue weighted by Crippen LogP contribution is 2.19. The van der Waals surface area contributed by atoms with Crippen molar-refractivity contribution in [2.75, 3.05) is 11.1 Å². The molecule has 1 N–H and O–H groups in total. The molecule has 0 radical (unpaired) electrons. The van der Waals surface area contributed by atoms with E-state index in [4.69, 9.17) is 0 Å². The van der Waals surface area contributed by atoms with Crippen LogP contribution in [0.4, 0.5) is 5.82 Å². The fraction of sp³-hybridized carbons (Fsp3) is 0.222. The molecule has 1 amide bonds. The summed E-state index contributed by atoms with van der Waals surface area (Å²) in [4.78, 5) is 16.3. The minimum atomic E-state index is -0.116. The highest BCUT2D eigenvalue weighted by Gasteiger charge is 2.12. The Labute approximate surface area is 150 Å².